The van der Waals surface area contributed by atoms with Crippen molar-refractivity contribution in [1.29, 1.82) is 5.26 Å². The molecule has 0 heterocycles. The molecular weight excluding hydrogens is 172 g/mol. The summed E-state index contributed by atoms with van der Waals surface area (Å²) in [6, 6.07) is 2.16. The van der Waals surface area contributed by atoms with Crippen LogP contribution < -0.4 is 5.32 Å². The molecule has 2 nitrogen and oxygen atoms in total. The molecule has 0 aliphatic rings. The smallest absolute Gasteiger partial charge is 0.0622 e. The molecule has 0 aromatic carbocycles. The summed E-state index contributed by atoms with van der Waals surface area (Å²) in [7, 11) is 0. The number of nitrogens with one attached hydrogen (secondary N) is 1. The van der Waals surface area contributed by atoms with E-state index in [2.05, 4.69) is 25.2 Å². The van der Waals surface area contributed by atoms with Crippen molar-refractivity contribution in [3.8, 4) is 6.07 Å². The zero-order chi connectivity index (χ0) is 10.6. The molecular formula is C12H24N2. The maximum absolute atomic E-state index is 8.36. The maximum atomic E-state index is 8.36. The molecule has 2 heteroatoms. The van der Waals surface area contributed by atoms with E-state index in [0.717, 1.165) is 25.4 Å². The largest absolute Gasteiger partial charge is 0.316 e. The van der Waals surface area contributed by atoms with Crippen LogP contribution in [0.4, 0.5) is 0 Å². The highest BCUT2D eigenvalue weighted by Crippen LogP contribution is 2.10. The minimum atomic E-state index is 0.679. The van der Waals surface area contributed by atoms with Gasteiger partial charge in [0.05, 0.1) is 6.07 Å². The summed E-state index contributed by atoms with van der Waals surface area (Å²) in [5.74, 6) is 0.831. The van der Waals surface area contributed by atoms with Crippen molar-refractivity contribution in [3.05, 3.63) is 0 Å². The van der Waals surface area contributed by atoms with E-state index in [1.807, 2.05) is 0 Å². The SMILES string of the molecule is CCCCC(CC)CNCCCC#N. The third-order valence-corrected chi connectivity index (χ3v) is 2.62. The average Bonchev–Trinajstić information content (AvgIpc) is 2.22. The maximum Gasteiger partial charge on any atom is 0.0622 e. The molecule has 1 unspecified atom stereocenters. The van der Waals surface area contributed by atoms with Gasteiger partial charge in [-0.15, -0.1) is 0 Å². The van der Waals surface area contributed by atoms with Gasteiger partial charge in [0.2, 0.25) is 0 Å². The van der Waals surface area contributed by atoms with Crippen LogP contribution in [0.15, 0.2) is 0 Å². The highest BCUT2D eigenvalue weighted by Gasteiger charge is 2.04. The molecule has 0 aromatic rings. The van der Waals surface area contributed by atoms with Gasteiger partial charge >= 0.3 is 0 Å². The molecule has 0 saturated carbocycles. The predicted octanol–water partition coefficient (Wildman–Crippen LogP) is 3.10. The summed E-state index contributed by atoms with van der Waals surface area (Å²) < 4.78 is 0. The van der Waals surface area contributed by atoms with E-state index in [4.69, 9.17) is 5.26 Å². The molecule has 0 saturated heterocycles. The highest BCUT2D eigenvalue weighted by molar-refractivity contribution is 4.69. The number of hydrogen-bond acceptors (Lipinski definition) is 2. The van der Waals surface area contributed by atoms with E-state index in [9.17, 15) is 0 Å². The van der Waals surface area contributed by atoms with E-state index in [1.165, 1.54) is 25.7 Å². The molecule has 1 atom stereocenters. The Labute approximate surface area is 88.7 Å². The zero-order valence-corrected chi connectivity index (χ0v) is 9.68. The number of rotatable bonds is 9. The van der Waals surface area contributed by atoms with Gasteiger partial charge in [-0.3, -0.25) is 0 Å². The van der Waals surface area contributed by atoms with Crippen molar-refractivity contribution >= 4 is 0 Å². The summed E-state index contributed by atoms with van der Waals surface area (Å²) >= 11 is 0. The quantitative estimate of drug-likeness (QED) is 0.575. The minimum Gasteiger partial charge on any atom is -0.316 e. The first-order chi connectivity index (χ1) is 6.85. The summed E-state index contributed by atoms with van der Waals surface area (Å²) in [4.78, 5) is 0. The second-order valence-electron chi connectivity index (χ2n) is 3.88. The van der Waals surface area contributed by atoms with Gasteiger partial charge in [-0.25, -0.2) is 0 Å². The summed E-state index contributed by atoms with van der Waals surface area (Å²) in [6.07, 6.45) is 6.92. The number of nitrogens with zero attached hydrogens (tertiary/aromatic N) is 1. The Hall–Kier alpha value is -0.550. The first-order valence-electron chi connectivity index (χ1n) is 5.92. The van der Waals surface area contributed by atoms with Crippen LogP contribution in [0.3, 0.4) is 0 Å². The Morgan fingerprint density at radius 3 is 2.64 bits per heavy atom. The third-order valence-electron chi connectivity index (χ3n) is 2.62. The molecule has 0 radical (unpaired) electrons. The molecule has 82 valence electrons. The number of nitriles is 1. The Kier molecular flexibility index (Phi) is 10.1. The van der Waals surface area contributed by atoms with E-state index in [-0.39, 0.29) is 0 Å². The van der Waals surface area contributed by atoms with E-state index < -0.39 is 0 Å². The second kappa shape index (κ2) is 10.5. The Morgan fingerprint density at radius 1 is 1.29 bits per heavy atom. The molecule has 1 N–H and O–H groups in total. The average molecular weight is 196 g/mol. The van der Waals surface area contributed by atoms with Crippen molar-refractivity contribution in [2.45, 2.75) is 52.4 Å². The number of unbranched alkanes of at least 4 members (excludes halogenated alkanes) is 2. The first kappa shape index (κ1) is 13.4. The molecule has 0 aliphatic heterocycles. The van der Waals surface area contributed by atoms with Crippen LogP contribution in [-0.4, -0.2) is 13.1 Å². The summed E-state index contributed by atoms with van der Waals surface area (Å²) in [5.41, 5.74) is 0. The van der Waals surface area contributed by atoms with Crippen molar-refractivity contribution in [2.24, 2.45) is 5.92 Å². The highest BCUT2D eigenvalue weighted by atomic mass is 14.8. The van der Waals surface area contributed by atoms with Crippen LogP contribution >= 0.6 is 0 Å². The van der Waals surface area contributed by atoms with Gasteiger partial charge in [0.15, 0.2) is 0 Å². The fourth-order valence-electron chi connectivity index (χ4n) is 1.54. The van der Waals surface area contributed by atoms with Crippen molar-refractivity contribution in [3.63, 3.8) is 0 Å². The Bertz CT molecular complexity index is 149. The first-order valence-corrected chi connectivity index (χ1v) is 5.92. The lowest BCUT2D eigenvalue weighted by molar-refractivity contribution is 0.419. The summed E-state index contributed by atoms with van der Waals surface area (Å²) in [5, 5.41) is 11.8. The van der Waals surface area contributed by atoms with Crippen LogP contribution in [-0.2, 0) is 0 Å². The van der Waals surface area contributed by atoms with Crippen molar-refractivity contribution in [2.75, 3.05) is 13.1 Å². The monoisotopic (exact) mass is 196 g/mol. The minimum absolute atomic E-state index is 0.679. The molecule has 0 aromatic heterocycles. The lowest BCUT2D eigenvalue weighted by atomic mass is 9.99. The normalized spacial score (nSPS) is 12.4. The molecule has 0 aliphatic carbocycles. The van der Waals surface area contributed by atoms with E-state index in [1.54, 1.807) is 0 Å². The van der Waals surface area contributed by atoms with Gasteiger partial charge in [0, 0.05) is 6.42 Å². The van der Waals surface area contributed by atoms with Crippen molar-refractivity contribution in [1.82, 2.24) is 5.32 Å². The molecule has 0 spiro atoms. The third kappa shape index (κ3) is 8.07. The Morgan fingerprint density at radius 2 is 2.07 bits per heavy atom. The van der Waals surface area contributed by atoms with Crippen LogP contribution in [0, 0.1) is 17.2 Å². The molecule has 0 bridgehead atoms. The predicted molar refractivity (Wildman–Crippen MR) is 61.0 cm³/mol. The van der Waals surface area contributed by atoms with Gasteiger partial charge < -0.3 is 5.32 Å². The van der Waals surface area contributed by atoms with Gasteiger partial charge in [-0.1, -0.05) is 33.1 Å². The topological polar surface area (TPSA) is 35.8 Å². The lowest BCUT2D eigenvalue weighted by Gasteiger charge is -2.14. The van der Waals surface area contributed by atoms with Crippen LogP contribution in [0.25, 0.3) is 0 Å². The fourth-order valence-corrected chi connectivity index (χ4v) is 1.54. The standard InChI is InChI=1S/C12H24N2/c1-3-5-8-12(4-2)11-14-10-7-6-9-13/h12,14H,3-8,10-11H2,1-2H3. The lowest BCUT2D eigenvalue weighted by Crippen LogP contribution is -2.23. The number of hydrogen-bond donors (Lipinski definition) is 1. The molecule has 0 rings (SSSR count). The molecule has 0 fully saturated rings. The zero-order valence-electron chi connectivity index (χ0n) is 9.68. The van der Waals surface area contributed by atoms with Crippen molar-refractivity contribution < 1.29 is 0 Å². The van der Waals surface area contributed by atoms with Crippen LogP contribution in [0.5, 0.6) is 0 Å². The van der Waals surface area contributed by atoms with Gasteiger partial charge in [-0.2, -0.15) is 5.26 Å². The Balaban J connectivity index is 3.29. The fraction of sp³-hybridized carbons (Fsp3) is 0.917. The molecule has 0 amide bonds. The van der Waals surface area contributed by atoms with Crippen LogP contribution in [0.1, 0.15) is 52.4 Å². The second-order valence-corrected chi connectivity index (χ2v) is 3.88. The van der Waals surface area contributed by atoms with Crippen LogP contribution in [0.2, 0.25) is 0 Å². The van der Waals surface area contributed by atoms with Gasteiger partial charge in [-0.05, 0) is 31.8 Å². The summed E-state index contributed by atoms with van der Waals surface area (Å²) in [6.45, 7) is 6.63. The van der Waals surface area contributed by atoms with Gasteiger partial charge in [0.25, 0.3) is 0 Å². The van der Waals surface area contributed by atoms with E-state index >= 15 is 0 Å². The van der Waals surface area contributed by atoms with E-state index in [0.29, 0.717) is 6.42 Å². The molecule has 14 heavy (non-hydrogen) atoms. The van der Waals surface area contributed by atoms with Gasteiger partial charge in [0.1, 0.15) is 0 Å².